The molecule has 3 heterocycles. The van der Waals surface area contributed by atoms with Gasteiger partial charge in [0.1, 0.15) is 0 Å². The highest BCUT2D eigenvalue weighted by Crippen LogP contribution is 2.32. The van der Waals surface area contributed by atoms with Crippen molar-refractivity contribution < 1.29 is 9.59 Å². The number of aromatic nitrogens is 1. The van der Waals surface area contributed by atoms with Gasteiger partial charge in [0.2, 0.25) is 11.8 Å². The first kappa shape index (κ1) is 19.7. The Morgan fingerprint density at radius 3 is 3.00 bits per heavy atom. The number of hydrogen-bond donors (Lipinski definition) is 1. The van der Waals surface area contributed by atoms with Crippen molar-refractivity contribution in [2.45, 2.75) is 19.8 Å². The summed E-state index contributed by atoms with van der Waals surface area (Å²) in [5, 5.41) is 5.25. The largest absolute Gasteiger partial charge is 0.342 e. The minimum Gasteiger partial charge on any atom is -0.342 e. The van der Waals surface area contributed by atoms with Crippen LogP contribution in [0.15, 0.2) is 17.5 Å². The van der Waals surface area contributed by atoms with Crippen LogP contribution in [0.4, 0.5) is 5.13 Å². The summed E-state index contributed by atoms with van der Waals surface area (Å²) in [6, 6.07) is 3.74. The van der Waals surface area contributed by atoms with Crippen LogP contribution in [-0.4, -0.2) is 46.3 Å². The maximum atomic E-state index is 12.2. The molecule has 1 aliphatic heterocycles. The van der Waals surface area contributed by atoms with E-state index >= 15 is 0 Å². The van der Waals surface area contributed by atoms with E-state index in [1.165, 1.54) is 40.9 Å². The van der Waals surface area contributed by atoms with Crippen LogP contribution >= 0.6 is 46.0 Å². The van der Waals surface area contributed by atoms with E-state index in [1.54, 1.807) is 0 Å². The van der Waals surface area contributed by atoms with E-state index in [0.717, 1.165) is 30.1 Å². The number of hydrogen-bond acceptors (Lipinski definition) is 6. The Bertz CT molecular complexity index is 777. The van der Waals surface area contributed by atoms with E-state index in [2.05, 4.69) is 17.2 Å². The van der Waals surface area contributed by atoms with Gasteiger partial charge in [0.15, 0.2) is 5.13 Å². The van der Waals surface area contributed by atoms with Crippen LogP contribution in [0.25, 0.3) is 10.6 Å². The van der Waals surface area contributed by atoms with Gasteiger partial charge < -0.3 is 10.2 Å². The number of thioether (sulfide) groups is 1. The van der Waals surface area contributed by atoms with Crippen LogP contribution < -0.4 is 5.32 Å². The molecule has 0 aromatic carbocycles. The van der Waals surface area contributed by atoms with Crippen molar-refractivity contribution in [3.8, 4) is 10.6 Å². The smallest absolute Gasteiger partial charge is 0.236 e. The Labute approximate surface area is 170 Å². The van der Waals surface area contributed by atoms with Gasteiger partial charge in [-0.05, 0) is 30.9 Å². The zero-order valence-electron chi connectivity index (χ0n) is 14.4. The Morgan fingerprint density at radius 2 is 2.27 bits per heavy atom. The molecule has 0 radical (unpaired) electrons. The predicted molar refractivity (Wildman–Crippen MR) is 111 cm³/mol. The molecule has 26 heavy (non-hydrogen) atoms. The number of amides is 2. The third kappa shape index (κ3) is 5.45. The molecule has 0 saturated carbocycles. The topological polar surface area (TPSA) is 62.3 Å². The summed E-state index contributed by atoms with van der Waals surface area (Å²) >= 11 is 10.1. The lowest BCUT2D eigenvalue weighted by molar-refractivity contribution is -0.130. The number of thiazole rings is 1. The van der Waals surface area contributed by atoms with Crippen molar-refractivity contribution in [2.24, 2.45) is 5.92 Å². The molecule has 1 aliphatic rings. The number of rotatable bonds is 6. The van der Waals surface area contributed by atoms with Crippen LogP contribution in [0.1, 0.15) is 19.8 Å². The molecule has 0 aliphatic carbocycles. The molecular formula is C17H20ClN3O2S3. The van der Waals surface area contributed by atoms with Crippen LogP contribution in [0.3, 0.4) is 0 Å². The molecule has 140 valence electrons. The summed E-state index contributed by atoms with van der Waals surface area (Å²) < 4.78 is 0.711. The van der Waals surface area contributed by atoms with E-state index < -0.39 is 0 Å². The standard InChI is InChI=1S/C17H20ClN3O2S3/c1-11-3-2-6-21(7-11)16(23)10-24-9-15(22)20-17-19-12(8-25-17)13-4-5-14(18)26-13/h4-5,8,11H,2-3,6-7,9-10H2,1H3,(H,19,20,22)/t11-/m0/s1. The third-order valence-electron chi connectivity index (χ3n) is 4.04. The lowest BCUT2D eigenvalue weighted by atomic mass is 10.0. The summed E-state index contributed by atoms with van der Waals surface area (Å²) in [7, 11) is 0. The minimum absolute atomic E-state index is 0.125. The van der Waals surface area contributed by atoms with Crippen LogP contribution in [0.2, 0.25) is 4.34 Å². The number of nitrogens with zero attached hydrogens (tertiary/aromatic N) is 2. The number of carbonyl (C=O) groups excluding carboxylic acids is 2. The monoisotopic (exact) mass is 429 g/mol. The fourth-order valence-electron chi connectivity index (χ4n) is 2.79. The van der Waals surface area contributed by atoms with Gasteiger partial charge >= 0.3 is 0 Å². The number of nitrogens with one attached hydrogen (secondary N) is 1. The Balaban J connectivity index is 1.42. The summed E-state index contributed by atoms with van der Waals surface area (Å²) in [6.45, 7) is 3.84. The third-order valence-corrected chi connectivity index (χ3v) is 6.97. The molecule has 0 bridgehead atoms. The summed E-state index contributed by atoms with van der Waals surface area (Å²) in [5.41, 5.74) is 0.809. The van der Waals surface area contributed by atoms with Crippen molar-refractivity contribution in [1.82, 2.24) is 9.88 Å². The molecule has 1 atom stereocenters. The highest BCUT2D eigenvalue weighted by atomic mass is 35.5. The van der Waals surface area contributed by atoms with Gasteiger partial charge in [0.25, 0.3) is 0 Å². The van der Waals surface area contributed by atoms with Gasteiger partial charge in [0, 0.05) is 18.5 Å². The number of piperidine rings is 1. The van der Waals surface area contributed by atoms with Gasteiger partial charge in [-0.25, -0.2) is 4.98 Å². The van der Waals surface area contributed by atoms with Gasteiger partial charge in [-0.3, -0.25) is 9.59 Å². The molecule has 1 saturated heterocycles. The van der Waals surface area contributed by atoms with Crippen LogP contribution in [-0.2, 0) is 9.59 Å². The second-order valence-electron chi connectivity index (χ2n) is 6.27. The second kappa shape index (κ2) is 9.21. The molecule has 1 fully saturated rings. The Kier molecular flexibility index (Phi) is 6.97. The molecule has 9 heteroatoms. The number of carbonyl (C=O) groups is 2. The van der Waals surface area contributed by atoms with Crippen molar-refractivity contribution in [1.29, 1.82) is 0 Å². The molecule has 2 aromatic rings. The molecule has 3 rings (SSSR count). The molecule has 0 spiro atoms. The lowest BCUT2D eigenvalue weighted by Gasteiger charge is -2.30. The average Bonchev–Trinajstić information content (AvgIpc) is 3.23. The van der Waals surface area contributed by atoms with E-state index in [4.69, 9.17) is 11.6 Å². The number of halogens is 1. The SMILES string of the molecule is C[C@H]1CCCN(C(=O)CSCC(=O)Nc2nc(-c3ccc(Cl)s3)cs2)C1. The summed E-state index contributed by atoms with van der Waals surface area (Å²) in [5.74, 6) is 1.14. The molecular weight excluding hydrogens is 410 g/mol. The van der Waals surface area contributed by atoms with Gasteiger partial charge in [-0.2, -0.15) is 0 Å². The number of anilines is 1. The molecule has 5 nitrogen and oxygen atoms in total. The number of likely N-dealkylation sites (tertiary alicyclic amines) is 1. The maximum Gasteiger partial charge on any atom is 0.236 e. The Hall–Kier alpha value is -1.09. The second-order valence-corrected chi connectivity index (χ2v) is 9.83. The lowest BCUT2D eigenvalue weighted by Crippen LogP contribution is -2.40. The van der Waals surface area contributed by atoms with E-state index in [0.29, 0.717) is 21.1 Å². The maximum absolute atomic E-state index is 12.2. The first-order valence-corrected chi connectivity index (χ1v) is 11.6. The first-order chi connectivity index (χ1) is 12.5. The first-order valence-electron chi connectivity index (χ1n) is 8.38. The number of thiophene rings is 1. The van der Waals surface area contributed by atoms with E-state index in [9.17, 15) is 9.59 Å². The van der Waals surface area contributed by atoms with Crippen molar-refractivity contribution in [2.75, 3.05) is 29.9 Å². The van der Waals surface area contributed by atoms with Crippen LogP contribution in [0.5, 0.6) is 0 Å². The van der Waals surface area contributed by atoms with Gasteiger partial charge in [0.05, 0.1) is 26.4 Å². The summed E-state index contributed by atoms with van der Waals surface area (Å²) in [4.78, 5) is 31.6. The highest BCUT2D eigenvalue weighted by Gasteiger charge is 2.21. The quantitative estimate of drug-likeness (QED) is 0.736. The fraction of sp³-hybridized carbons (Fsp3) is 0.471. The van der Waals surface area contributed by atoms with Gasteiger partial charge in [-0.1, -0.05) is 18.5 Å². The molecule has 1 N–H and O–H groups in total. The molecule has 2 amide bonds. The molecule has 0 unspecified atom stereocenters. The zero-order chi connectivity index (χ0) is 18.5. The zero-order valence-corrected chi connectivity index (χ0v) is 17.6. The normalized spacial score (nSPS) is 17.3. The van der Waals surface area contributed by atoms with Crippen molar-refractivity contribution >= 4 is 63.0 Å². The average molecular weight is 430 g/mol. The predicted octanol–water partition coefficient (Wildman–Crippen LogP) is 4.46. The van der Waals surface area contributed by atoms with E-state index in [-0.39, 0.29) is 17.6 Å². The van der Waals surface area contributed by atoms with Crippen molar-refractivity contribution in [3.05, 3.63) is 21.8 Å². The Morgan fingerprint density at radius 1 is 1.42 bits per heavy atom. The van der Waals surface area contributed by atoms with Crippen molar-refractivity contribution in [3.63, 3.8) is 0 Å². The summed E-state index contributed by atoms with van der Waals surface area (Å²) in [6.07, 6.45) is 2.26. The van der Waals surface area contributed by atoms with Crippen LogP contribution in [0, 0.1) is 5.92 Å². The highest BCUT2D eigenvalue weighted by molar-refractivity contribution is 8.00. The minimum atomic E-state index is -0.139. The molecule has 2 aromatic heterocycles. The van der Waals surface area contributed by atoms with E-state index in [1.807, 2.05) is 22.4 Å². The fourth-order valence-corrected chi connectivity index (χ4v) is 5.31. The van der Waals surface area contributed by atoms with Gasteiger partial charge in [-0.15, -0.1) is 34.4 Å².